The number of hydrogen-bond donors (Lipinski definition) is 4. The number of aliphatic carboxylic acids is 1. The molecule has 1 fully saturated rings. The van der Waals surface area contributed by atoms with Crippen LogP contribution in [0.3, 0.4) is 0 Å². The Hall–Kier alpha value is -3.70. The Morgan fingerprint density at radius 3 is 2.12 bits per heavy atom. The largest absolute Gasteiger partial charge is 0.481 e. The van der Waals surface area contributed by atoms with Crippen molar-refractivity contribution in [2.24, 2.45) is 5.92 Å². The number of carbonyl (C=O) groups is 3. The van der Waals surface area contributed by atoms with Crippen LogP contribution in [0.2, 0.25) is 0 Å². The Morgan fingerprint density at radius 1 is 0.857 bits per heavy atom. The Morgan fingerprint density at radius 2 is 1.50 bits per heavy atom. The van der Waals surface area contributed by atoms with Gasteiger partial charge in [0.2, 0.25) is 11.8 Å². The van der Waals surface area contributed by atoms with Crippen LogP contribution in [0.1, 0.15) is 61.3 Å². The number of hydrogen-bond acceptors (Lipinski definition) is 7. The number of aliphatic hydroxyl groups is 1. The highest BCUT2D eigenvalue weighted by atomic mass is 32.2. The topological polar surface area (TPSA) is 134 Å². The molecule has 4 rings (SSSR count). The number of carbonyl (C=O) groups excluding carboxylic acids is 2. The van der Waals surface area contributed by atoms with Gasteiger partial charge >= 0.3 is 5.97 Å². The van der Waals surface area contributed by atoms with Gasteiger partial charge < -0.3 is 30.3 Å². The SMILES string of the molecule is CC(=O)Nc1ccc(SC[C@@H]2O[C@H](c3ccc(CNC(=O)CCC(=O)O)cc3)O[C@H](c3ccc(CO)cc3)[C@@H]2C)cc1. The van der Waals surface area contributed by atoms with E-state index in [2.05, 4.69) is 17.6 Å². The van der Waals surface area contributed by atoms with Crippen LogP contribution >= 0.6 is 11.8 Å². The molecule has 0 radical (unpaired) electrons. The minimum absolute atomic E-state index is 0.0283. The molecule has 42 heavy (non-hydrogen) atoms. The monoisotopic (exact) mass is 592 g/mol. The van der Waals surface area contributed by atoms with Crippen LogP contribution in [0.5, 0.6) is 0 Å². The van der Waals surface area contributed by atoms with Crippen LogP contribution < -0.4 is 10.6 Å². The molecule has 2 amide bonds. The number of ether oxygens (including phenoxy) is 2. The fourth-order valence-electron chi connectivity index (χ4n) is 4.63. The van der Waals surface area contributed by atoms with E-state index < -0.39 is 12.3 Å². The summed E-state index contributed by atoms with van der Waals surface area (Å²) in [5.74, 6) is -0.707. The Bertz CT molecular complexity index is 1350. The van der Waals surface area contributed by atoms with E-state index in [0.717, 1.165) is 32.8 Å². The maximum atomic E-state index is 11.9. The van der Waals surface area contributed by atoms with Crippen LogP contribution in [-0.2, 0) is 37.0 Å². The summed E-state index contributed by atoms with van der Waals surface area (Å²) in [6, 6.07) is 23.1. The number of rotatable bonds is 12. The number of nitrogens with one attached hydrogen (secondary N) is 2. The smallest absolute Gasteiger partial charge is 0.303 e. The van der Waals surface area contributed by atoms with E-state index in [1.54, 1.807) is 11.8 Å². The summed E-state index contributed by atoms with van der Waals surface area (Å²) in [7, 11) is 0. The average molecular weight is 593 g/mol. The minimum atomic E-state index is -1.00. The average Bonchev–Trinajstić information content (AvgIpc) is 2.99. The lowest BCUT2D eigenvalue weighted by molar-refractivity contribution is -0.268. The molecule has 1 heterocycles. The maximum Gasteiger partial charge on any atom is 0.303 e. The lowest BCUT2D eigenvalue weighted by Crippen LogP contribution is -2.38. The van der Waals surface area contributed by atoms with E-state index in [4.69, 9.17) is 14.6 Å². The molecule has 222 valence electrons. The summed E-state index contributed by atoms with van der Waals surface area (Å²) in [6.07, 6.45) is -1.26. The number of thioether (sulfide) groups is 1. The molecule has 1 saturated heterocycles. The van der Waals surface area contributed by atoms with Gasteiger partial charge in [0, 0.05) is 47.7 Å². The van der Waals surface area contributed by atoms with Crippen molar-refractivity contribution in [3.8, 4) is 0 Å². The maximum absolute atomic E-state index is 11.9. The van der Waals surface area contributed by atoms with Gasteiger partial charge in [-0.05, 0) is 41.0 Å². The Labute approximate surface area is 249 Å². The standard InChI is InChI=1S/C32H36N2O7S/c1-20-28(19-42-27-13-11-26(12-14-27)34-21(2)36)40-32(41-31(20)24-7-5-23(18-35)6-8-24)25-9-3-22(4-10-25)17-33-29(37)15-16-30(38)39/h3-14,20,28,31-32,35H,15-19H2,1-2H3,(H,33,37)(H,34,36)(H,38,39)/t20-,28+,31+,32+/m1/s1. The van der Waals surface area contributed by atoms with Crippen LogP contribution in [0, 0.1) is 5.92 Å². The van der Waals surface area contributed by atoms with E-state index in [1.807, 2.05) is 72.8 Å². The molecule has 0 saturated carbocycles. The van der Waals surface area contributed by atoms with Crippen LogP contribution in [0.15, 0.2) is 77.7 Å². The third-order valence-electron chi connectivity index (χ3n) is 7.02. The molecule has 4 N–H and O–H groups in total. The molecule has 4 atom stereocenters. The second-order valence-corrected chi connectivity index (χ2v) is 11.3. The van der Waals surface area contributed by atoms with Crippen LogP contribution in [0.4, 0.5) is 5.69 Å². The van der Waals surface area contributed by atoms with Gasteiger partial charge in [0.05, 0.1) is 25.2 Å². The first-order chi connectivity index (χ1) is 20.2. The quantitative estimate of drug-likeness (QED) is 0.211. The predicted octanol–water partition coefficient (Wildman–Crippen LogP) is 5.20. The van der Waals surface area contributed by atoms with Gasteiger partial charge in [0.25, 0.3) is 0 Å². The lowest BCUT2D eigenvalue weighted by atomic mass is 9.91. The third kappa shape index (κ3) is 8.90. The van der Waals surface area contributed by atoms with Crippen molar-refractivity contribution in [1.29, 1.82) is 0 Å². The highest BCUT2D eigenvalue weighted by molar-refractivity contribution is 7.99. The number of amides is 2. The second-order valence-electron chi connectivity index (χ2n) is 10.3. The van der Waals surface area contributed by atoms with E-state index in [1.165, 1.54) is 6.92 Å². The molecule has 9 nitrogen and oxygen atoms in total. The summed E-state index contributed by atoms with van der Waals surface area (Å²) in [6.45, 7) is 3.86. The van der Waals surface area contributed by atoms with Crippen molar-refractivity contribution in [2.75, 3.05) is 11.1 Å². The molecule has 0 bridgehead atoms. The highest BCUT2D eigenvalue weighted by Gasteiger charge is 2.38. The van der Waals surface area contributed by atoms with E-state index in [-0.39, 0.29) is 49.4 Å². The minimum Gasteiger partial charge on any atom is -0.481 e. The summed E-state index contributed by atoms with van der Waals surface area (Å²) < 4.78 is 13.0. The summed E-state index contributed by atoms with van der Waals surface area (Å²) >= 11 is 1.67. The summed E-state index contributed by atoms with van der Waals surface area (Å²) in [5.41, 5.74) is 4.29. The zero-order valence-electron chi connectivity index (χ0n) is 23.6. The summed E-state index contributed by atoms with van der Waals surface area (Å²) in [5, 5.41) is 23.8. The fourth-order valence-corrected chi connectivity index (χ4v) is 5.70. The van der Waals surface area contributed by atoms with Gasteiger partial charge in [0.1, 0.15) is 0 Å². The van der Waals surface area contributed by atoms with E-state index in [9.17, 15) is 19.5 Å². The van der Waals surface area contributed by atoms with Crippen molar-refractivity contribution in [3.05, 3.63) is 95.1 Å². The molecule has 3 aromatic carbocycles. The first-order valence-corrected chi connectivity index (χ1v) is 14.8. The number of aliphatic hydroxyl groups excluding tert-OH is 1. The number of carboxylic acid groups (broad SMARTS) is 1. The van der Waals surface area contributed by atoms with Crippen LogP contribution in [-0.4, -0.2) is 39.9 Å². The number of benzene rings is 3. The number of anilines is 1. The molecular weight excluding hydrogens is 556 g/mol. The van der Waals surface area contributed by atoms with Crippen molar-refractivity contribution in [2.45, 2.75) is 63.2 Å². The first-order valence-electron chi connectivity index (χ1n) is 13.8. The van der Waals surface area contributed by atoms with Crippen LogP contribution in [0.25, 0.3) is 0 Å². The van der Waals surface area contributed by atoms with Gasteiger partial charge in [-0.25, -0.2) is 0 Å². The molecule has 10 heteroatoms. The van der Waals surface area contributed by atoms with Crippen molar-refractivity contribution in [1.82, 2.24) is 5.32 Å². The van der Waals surface area contributed by atoms with E-state index >= 15 is 0 Å². The fraction of sp³-hybridized carbons (Fsp3) is 0.344. The Balaban J connectivity index is 1.46. The van der Waals surface area contributed by atoms with Gasteiger partial charge in [-0.15, -0.1) is 11.8 Å². The summed E-state index contributed by atoms with van der Waals surface area (Å²) in [4.78, 5) is 35.0. The molecule has 1 aliphatic rings. The Kier molecular flexibility index (Phi) is 11.1. The molecule has 0 aliphatic carbocycles. The molecule has 1 aliphatic heterocycles. The molecule has 0 spiro atoms. The zero-order valence-corrected chi connectivity index (χ0v) is 24.4. The lowest BCUT2D eigenvalue weighted by Gasteiger charge is -2.41. The van der Waals surface area contributed by atoms with Crippen molar-refractivity contribution < 1.29 is 34.1 Å². The zero-order chi connectivity index (χ0) is 30.1. The van der Waals surface area contributed by atoms with Gasteiger partial charge in [-0.2, -0.15) is 0 Å². The predicted molar refractivity (Wildman–Crippen MR) is 160 cm³/mol. The first kappa shape index (κ1) is 31.2. The third-order valence-corrected chi connectivity index (χ3v) is 8.12. The van der Waals surface area contributed by atoms with Gasteiger partial charge in [-0.3, -0.25) is 14.4 Å². The van der Waals surface area contributed by atoms with Crippen molar-refractivity contribution in [3.63, 3.8) is 0 Å². The number of carboxylic acids is 1. The highest BCUT2D eigenvalue weighted by Crippen LogP contribution is 2.43. The normalized spacial score (nSPS) is 20.1. The van der Waals surface area contributed by atoms with Crippen molar-refractivity contribution >= 4 is 35.2 Å². The molecule has 0 unspecified atom stereocenters. The van der Waals surface area contributed by atoms with E-state index in [0.29, 0.717) is 12.3 Å². The molecule has 3 aromatic rings. The van der Waals surface area contributed by atoms with Gasteiger partial charge in [0.15, 0.2) is 6.29 Å². The molecule has 0 aromatic heterocycles. The second kappa shape index (κ2) is 15.0. The molecular formula is C32H36N2O7S. The van der Waals surface area contributed by atoms with Gasteiger partial charge in [-0.1, -0.05) is 55.5 Å².